The summed E-state index contributed by atoms with van der Waals surface area (Å²) in [6, 6.07) is 25.6. The van der Waals surface area contributed by atoms with Crippen molar-refractivity contribution in [2.45, 2.75) is 89.3 Å². The molecule has 0 radical (unpaired) electrons. The summed E-state index contributed by atoms with van der Waals surface area (Å²) in [6.45, 7) is 9.94. The molecule has 0 N–H and O–H groups in total. The van der Waals surface area contributed by atoms with Crippen LogP contribution in [0.15, 0.2) is 72.8 Å². The number of hydrogen-bond acceptors (Lipinski definition) is 4. The first-order valence-corrected chi connectivity index (χ1v) is 15.1. The smallest absolute Gasteiger partial charge is 0.458 e. The van der Waals surface area contributed by atoms with E-state index in [9.17, 15) is 0 Å². The Labute approximate surface area is 245 Å². The van der Waals surface area contributed by atoms with E-state index in [1.807, 2.05) is 6.07 Å². The Hall–Kier alpha value is -2.31. The van der Waals surface area contributed by atoms with Crippen molar-refractivity contribution in [1.82, 2.24) is 0 Å². The maximum absolute atomic E-state index is 6.63. The van der Waals surface area contributed by atoms with Crippen molar-refractivity contribution >= 4 is 18.7 Å². The molecule has 2 heterocycles. The fourth-order valence-corrected chi connectivity index (χ4v) is 5.80. The van der Waals surface area contributed by atoms with Gasteiger partial charge in [0.2, 0.25) is 0 Å². The molecule has 2 aliphatic heterocycles. The van der Waals surface area contributed by atoms with E-state index in [1.165, 1.54) is 16.7 Å². The first-order chi connectivity index (χ1) is 19.2. The minimum Gasteiger partial charge on any atom is -0.488 e. The van der Waals surface area contributed by atoms with Crippen molar-refractivity contribution in [3.05, 3.63) is 100 Å². The summed E-state index contributed by atoms with van der Waals surface area (Å²) in [5, 5.41) is 0.815. The summed E-state index contributed by atoms with van der Waals surface area (Å²) in [7, 11) is -0.194. The van der Waals surface area contributed by atoms with E-state index in [2.05, 4.69) is 94.4 Å². The molecule has 0 spiro atoms. The van der Waals surface area contributed by atoms with Gasteiger partial charge in [-0.05, 0) is 106 Å². The Balaban J connectivity index is 1.19. The molecule has 2 atom stereocenters. The highest BCUT2D eigenvalue weighted by Gasteiger charge is 2.51. The van der Waals surface area contributed by atoms with Gasteiger partial charge >= 0.3 is 7.12 Å². The molecule has 0 saturated carbocycles. The summed E-state index contributed by atoms with van der Waals surface area (Å²) in [4.78, 5) is 0. The van der Waals surface area contributed by atoms with Crippen molar-refractivity contribution in [3.63, 3.8) is 0 Å². The molecule has 2 aliphatic rings. The van der Waals surface area contributed by atoms with Gasteiger partial charge < -0.3 is 18.8 Å². The topological polar surface area (TPSA) is 36.9 Å². The Morgan fingerprint density at radius 1 is 0.925 bits per heavy atom. The van der Waals surface area contributed by atoms with Crippen LogP contribution in [0.25, 0.3) is 0 Å². The Morgan fingerprint density at radius 3 is 2.30 bits per heavy atom. The van der Waals surface area contributed by atoms with Crippen LogP contribution in [0.2, 0.25) is 11.3 Å². The maximum atomic E-state index is 6.63. The lowest BCUT2D eigenvalue weighted by Crippen LogP contribution is -2.41. The molecular weight excluding hydrogens is 519 g/mol. The molecule has 0 aromatic heterocycles. The third-order valence-electron chi connectivity index (χ3n) is 8.69. The van der Waals surface area contributed by atoms with Gasteiger partial charge in [0, 0.05) is 11.4 Å². The minimum atomic E-state index is -0.309. The highest BCUT2D eigenvalue weighted by molar-refractivity contribution is 6.45. The third-order valence-corrected chi connectivity index (χ3v) is 9.06. The van der Waals surface area contributed by atoms with Crippen LogP contribution in [0, 0.1) is 0 Å². The molecule has 4 nitrogen and oxygen atoms in total. The van der Waals surface area contributed by atoms with Crippen LogP contribution in [-0.2, 0) is 26.9 Å². The van der Waals surface area contributed by atoms with E-state index in [1.54, 1.807) is 0 Å². The molecule has 2 saturated heterocycles. The molecular formula is C34H42BClO4. The largest absolute Gasteiger partial charge is 0.488 e. The normalized spacial score (nSPS) is 20.5. The van der Waals surface area contributed by atoms with Crippen LogP contribution in [0.4, 0.5) is 0 Å². The second kappa shape index (κ2) is 12.7. The Kier molecular flexibility index (Phi) is 9.26. The summed E-state index contributed by atoms with van der Waals surface area (Å²) >= 11 is 6.63. The summed E-state index contributed by atoms with van der Waals surface area (Å²) in [5.41, 5.74) is 4.44. The number of halogens is 1. The summed E-state index contributed by atoms with van der Waals surface area (Å²) < 4.78 is 24.1. The van der Waals surface area contributed by atoms with Gasteiger partial charge in [0.25, 0.3) is 0 Å². The predicted octanol–water partition coefficient (Wildman–Crippen LogP) is 8.30. The molecule has 0 aliphatic carbocycles. The molecule has 2 fully saturated rings. The summed E-state index contributed by atoms with van der Waals surface area (Å²) in [6.07, 6.45) is 5.93. The van der Waals surface area contributed by atoms with Crippen molar-refractivity contribution in [3.8, 4) is 5.75 Å². The second-order valence-corrected chi connectivity index (χ2v) is 12.7. The zero-order chi connectivity index (χ0) is 28.2. The lowest BCUT2D eigenvalue weighted by molar-refractivity contribution is 0.00578. The molecule has 5 rings (SSSR count). The number of benzene rings is 3. The molecule has 40 heavy (non-hydrogen) atoms. The Morgan fingerprint density at radius 2 is 1.62 bits per heavy atom. The van der Waals surface area contributed by atoms with Crippen LogP contribution in [0.3, 0.4) is 0 Å². The van der Waals surface area contributed by atoms with Crippen molar-refractivity contribution in [1.29, 1.82) is 0 Å². The van der Waals surface area contributed by atoms with E-state index < -0.39 is 0 Å². The predicted molar refractivity (Wildman–Crippen MR) is 164 cm³/mol. The quantitative estimate of drug-likeness (QED) is 0.221. The highest BCUT2D eigenvalue weighted by atomic mass is 35.5. The number of ether oxygens (including phenoxy) is 2. The van der Waals surface area contributed by atoms with E-state index in [4.69, 9.17) is 30.4 Å². The fourth-order valence-electron chi connectivity index (χ4n) is 5.62. The Bertz CT molecular complexity index is 1220. The van der Waals surface area contributed by atoms with Crippen molar-refractivity contribution < 1.29 is 18.8 Å². The average Bonchev–Trinajstić information content (AvgIpc) is 3.51. The zero-order valence-corrected chi connectivity index (χ0v) is 25.1. The molecule has 212 valence electrons. The first kappa shape index (κ1) is 29.2. The van der Waals surface area contributed by atoms with E-state index >= 15 is 0 Å². The van der Waals surface area contributed by atoms with Crippen LogP contribution < -0.4 is 4.74 Å². The minimum absolute atomic E-state index is 0.162. The van der Waals surface area contributed by atoms with E-state index in [-0.39, 0.29) is 24.4 Å². The molecule has 6 heteroatoms. The van der Waals surface area contributed by atoms with Crippen LogP contribution >= 0.6 is 11.6 Å². The standard InChI is InChI=1S/C34H42BClO4/c1-33(2)34(3,4)40-35(39-33)23-28(27-10-6-5-7-11-27)12-8-9-25-15-18-32(36)29(21-25)22-26-13-16-30(17-14-26)38-31-19-20-37-24-31/h5-7,10-11,13-18,21,28,31H,8-9,12,19-20,22-24H2,1-4H3/t28?,31-/m0/s1. The zero-order valence-electron chi connectivity index (χ0n) is 24.3. The molecule has 0 amide bonds. The van der Waals surface area contributed by atoms with E-state index in [0.29, 0.717) is 12.5 Å². The van der Waals surface area contributed by atoms with Gasteiger partial charge in [-0.25, -0.2) is 0 Å². The summed E-state index contributed by atoms with van der Waals surface area (Å²) in [5.74, 6) is 1.27. The van der Waals surface area contributed by atoms with Gasteiger partial charge in [-0.15, -0.1) is 0 Å². The third kappa shape index (κ3) is 7.30. The molecule has 0 bridgehead atoms. The fraction of sp³-hybridized carbons (Fsp3) is 0.471. The monoisotopic (exact) mass is 560 g/mol. The second-order valence-electron chi connectivity index (χ2n) is 12.3. The van der Waals surface area contributed by atoms with E-state index in [0.717, 1.165) is 61.4 Å². The van der Waals surface area contributed by atoms with Crippen LogP contribution in [-0.4, -0.2) is 37.6 Å². The lowest BCUT2D eigenvalue weighted by Gasteiger charge is -2.32. The maximum Gasteiger partial charge on any atom is 0.458 e. The molecule has 3 aromatic carbocycles. The van der Waals surface area contributed by atoms with Crippen LogP contribution in [0.5, 0.6) is 5.75 Å². The highest BCUT2D eigenvalue weighted by Crippen LogP contribution is 2.40. The molecule has 1 unspecified atom stereocenters. The van der Waals surface area contributed by atoms with Gasteiger partial charge in [-0.3, -0.25) is 0 Å². The van der Waals surface area contributed by atoms with Crippen molar-refractivity contribution in [2.75, 3.05) is 13.2 Å². The molecule has 3 aromatic rings. The van der Waals surface area contributed by atoms with Gasteiger partial charge in [0.1, 0.15) is 11.9 Å². The number of aryl methyl sites for hydroxylation is 1. The number of rotatable bonds is 11. The van der Waals surface area contributed by atoms with Gasteiger partial charge in [-0.2, -0.15) is 0 Å². The van der Waals surface area contributed by atoms with Gasteiger partial charge in [0.15, 0.2) is 0 Å². The average molecular weight is 561 g/mol. The first-order valence-electron chi connectivity index (χ1n) is 14.7. The van der Waals surface area contributed by atoms with Crippen LogP contribution in [0.1, 0.15) is 75.1 Å². The lowest BCUT2D eigenvalue weighted by atomic mass is 9.73. The van der Waals surface area contributed by atoms with Gasteiger partial charge in [0.05, 0.1) is 24.4 Å². The SMILES string of the molecule is CC1(C)OB(CC(CCCc2ccc(Cl)c(Cc3ccc(O[C@H]4CCOC4)cc3)c2)c2ccccc2)OC1(C)C. The van der Waals surface area contributed by atoms with Gasteiger partial charge in [-0.1, -0.05) is 66.2 Å². The van der Waals surface area contributed by atoms with Crippen molar-refractivity contribution in [2.24, 2.45) is 0 Å². The number of hydrogen-bond donors (Lipinski definition) is 0.